The predicted octanol–water partition coefficient (Wildman–Crippen LogP) is 3.43. The molecule has 3 nitrogen and oxygen atoms in total. The minimum absolute atomic E-state index is 0.0757. The number of alkyl halides is 1. The second kappa shape index (κ2) is 5.40. The summed E-state index contributed by atoms with van der Waals surface area (Å²) in [4.78, 5) is 0. The van der Waals surface area contributed by atoms with E-state index in [0.717, 1.165) is 0 Å². The molecule has 0 aliphatic heterocycles. The van der Waals surface area contributed by atoms with Gasteiger partial charge < -0.3 is 9.05 Å². The van der Waals surface area contributed by atoms with Crippen LogP contribution in [0, 0.1) is 0 Å². The third-order valence-electron chi connectivity index (χ3n) is 1.46. The van der Waals surface area contributed by atoms with Crippen LogP contribution in [0.4, 0.5) is 4.39 Å². The Morgan fingerprint density at radius 2 is 1.71 bits per heavy atom. The van der Waals surface area contributed by atoms with Crippen LogP contribution in [0.1, 0.15) is 15.2 Å². The van der Waals surface area contributed by atoms with Gasteiger partial charge in [0.2, 0.25) is 0 Å². The quantitative estimate of drug-likeness (QED) is 0.529. The zero-order valence-corrected chi connectivity index (χ0v) is 11.4. The molecular formula is C8H20FO3PSi. The van der Waals surface area contributed by atoms with Gasteiger partial charge in [-0.05, 0) is 13.8 Å². The van der Waals surface area contributed by atoms with E-state index < -0.39 is 21.2 Å². The summed E-state index contributed by atoms with van der Waals surface area (Å²) in [5.41, 5.74) is -2.61. The van der Waals surface area contributed by atoms with Gasteiger partial charge in [-0.2, -0.15) is 0 Å². The highest BCUT2D eigenvalue weighted by Crippen LogP contribution is 2.56. The third kappa shape index (κ3) is 3.81. The Hall–Kier alpha value is 0.297. The SMILES string of the molecule is [2H]C(F)([Si](C)(C)C)P(=O)(OCC)OCC. The lowest BCUT2D eigenvalue weighted by Gasteiger charge is -2.28. The lowest BCUT2D eigenvalue weighted by molar-refractivity contribution is 0.202. The van der Waals surface area contributed by atoms with Gasteiger partial charge in [0.25, 0.3) is 0 Å². The molecule has 1 atom stereocenters. The van der Waals surface area contributed by atoms with Gasteiger partial charge in [-0.1, -0.05) is 19.6 Å². The first-order chi connectivity index (χ1) is 6.62. The molecule has 0 rings (SSSR count). The van der Waals surface area contributed by atoms with Crippen molar-refractivity contribution in [1.29, 1.82) is 0 Å². The van der Waals surface area contributed by atoms with Crippen LogP contribution >= 0.6 is 7.60 Å². The van der Waals surface area contributed by atoms with E-state index in [9.17, 15) is 8.96 Å². The van der Waals surface area contributed by atoms with E-state index in [1.807, 2.05) is 0 Å². The summed E-state index contributed by atoms with van der Waals surface area (Å²) >= 11 is 0. The molecule has 0 aliphatic carbocycles. The molecule has 14 heavy (non-hydrogen) atoms. The van der Waals surface area contributed by atoms with Gasteiger partial charge in [-0.3, -0.25) is 4.57 Å². The van der Waals surface area contributed by atoms with Crippen molar-refractivity contribution in [3.63, 3.8) is 0 Å². The van der Waals surface area contributed by atoms with Gasteiger partial charge in [-0.25, -0.2) is 4.39 Å². The first kappa shape index (κ1) is 12.4. The minimum atomic E-state index is -3.98. The number of hydrogen-bond donors (Lipinski definition) is 0. The molecule has 0 bridgehead atoms. The van der Waals surface area contributed by atoms with Crippen molar-refractivity contribution in [2.24, 2.45) is 0 Å². The summed E-state index contributed by atoms with van der Waals surface area (Å²) in [5, 5.41) is 0. The number of hydrogen-bond acceptors (Lipinski definition) is 3. The van der Waals surface area contributed by atoms with Crippen LogP contribution in [0.3, 0.4) is 0 Å². The maximum Gasteiger partial charge on any atom is 0.360 e. The molecule has 0 saturated heterocycles. The van der Waals surface area contributed by atoms with Crippen LogP contribution in [-0.4, -0.2) is 26.8 Å². The van der Waals surface area contributed by atoms with Gasteiger partial charge in [-0.15, -0.1) is 0 Å². The first-order valence-corrected chi connectivity index (χ1v) is 9.74. The summed E-state index contributed by atoms with van der Waals surface area (Å²) in [6.07, 6.45) is 0. The highest BCUT2D eigenvalue weighted by Gasteiger charge is 2.44. The Bertz CT molecular complexity index is 245. The standard InChI is InChI=1S/C8H20FO3PSi/c1-6-11-13(10,12-7-2)8(9)14(3,4)5/h8H,6-7H2,1-5H3/i8D. The van der Waals surface area contributed by atoms with Gasteiger partial charge in [0, 0.05) is 0 Å². The van der Waals surface area contributed by atoms with E-state index in [1.165, 1.54) is 0 Å². The zero-order chi connectivity index (χ0) is 12.3. The molecule has 0 aromatic rings. The van der Waals surface area contributed by atoms with Crippen molar-refractivity contribution in [2.75, 3.05) is 13.2 Å². The highest BCUT2D eigenvalue weighted by molar-refractivity contribution is 7.57. The molecule has 0 radical (unpaired) electrons. The summed E-state index contributed by atoms with van der Waals surface area (Å²) in [6.45, 7) is 8.25. The van der Waals surface area contributed by atoms with Gasteiger partial charge in [0.05, 0.1) is 14.6 Å². The van der Waals surface area contributed by atoms with E-state index in [-0.39, 0.29) is 13.2 Å². The van der Waals surface area contributed by atoms with Crippen molar-refractivity contribution >= 4 is 15.7 Å². The first-order valence-electron chi connectivity index (χ1n) is 5.20. The fraction of sp³-hybridized carbons (Fsp3) is 1.00. The van der Waals surface area contributed by atoms with Gasteiger partial charge >= 0.3 is 7.60 Å². The molecule has 0 amide bonds. The second-order valence-corrected chi connectivity index (χ2v) is 11.1. The molecule has 0 fully saturated rings. The van der Waals surface area contributed by atoms with Gasteiger partial charge in [0.1, 0.15) is 8.07 Å². The van der Waals surface area contributed by atoms with Crippen molar-refractivity contribution in [2.45, 2.75) is 39.0 Å². The maximum atomic E-state index is 14.2. The van der Waals surface area contributed by atoms with Crippen molar-refractivity contribution in [3.05, 3.63) is 0 Å². The monoisotopic (exact) mass is 243 g/mol. The molecule has 0 heterocycles. The molecule has 0 aromatic carbocycles. The Balaban J connectivity index is 5.16. The maximum absolute atomic E-state index is 14.2. The summed E-state index contributed by atoms with van der Waals surface area (Å²) < 4.78 is 43.7. The highest BCUT2D eigenvalue weighted by atomic mass is 31.2. The molecule has 0 spiro atoms. The lowest BCUT2D eigenvalue weighted by atomic mass is 10.9. The normalized spacial score (nSPS) is 18.9. The Morgan fingerprint density at radius 3 is 1.93 bits per heavy atom. The van der Waals surface area contributed by atoms with E-state index in [2.05, 4.69) is 0 Å². The van der Waals surface area contributed by atoms with Crippen LogP contribution in [0.2, 0.25) is 19.6 Å². The molecule has 86 valence electrons. The smallest absolute Gasteiger partial charge is 0.307 e. The zero-order valence-electron chi connectivity index (χ0n) is 10.5. The summed E-state index contributed by atoms with van der Waals surface area (Å²) in [5.74, 6) is 0. The molecule has 0 aromatic heterocycles. The van der Waals surface area contributed by atoms with E-state index in [1.54, 1.807) is 33.5 Å². The largest absolute Gasteiger partial charge is 0.360 e. The molecule has 0 N–H and O–H groups in total. The molecule has 6 heteroatoms. The van der Waals surface area contributed by atoms with E-state index in [0.29, 0.717) is 0 Å². The number of halogens is 1. The van der Waals surface area contributed by atoms with Crippen LogP contribution in [0.15, 0.2) is 0 Å². The van der Waals surface area contributed by atoms with Gasteiger partial charge in [0.15, 0.2) is 5.51 Å². The average molecular weight is 243 g/mol. The van der Waals surface area contributed by atoms with Crippen LogP contribution in [0.25, 0.3) is 0 Å². The molecule has 0 saturated carbocycles. The molecule has 0 aliphatic rings. The number of rotatable bonds is 6. The van der Waals surface area contributed by atoms with Crippen LogP contribution in [0.5, 0.6) is 0 Å². The van der Waals surface area contributed by atoms with Crippen molar-refractivity contribution < 1.29 is 19.4 Å². The summed E-state index contributed by atoms with van der Waals surface area (Å²) in [7, 11) is -6.59. The Labute approximate surface area is 87.9 Å². The summed E-state index contributed by atoms with van der Waals surface area (Å²) in [6, 6.07) is 0. The Kier molecular flexibility index (Phi) is 4.77. The third-order valence-corrected chi connectivity index (χ3v) is 7.21. The molecule has 1 unspecified atom stereocenters. The minimum Gasteiger partial charge on any atom is -0.307 e. The fourth-order valence-corrected chi connectivity index (χ4v) is 5.56. The fourth-order valence-electron chi connectivity index (χ4n) is 0.901. The van der Waals surface area contributed by atoms with Crippen LogP contribution < -0.4 is 0 Å². The topological polar surface area (TPSA) is 35.5 Å². The molecular weight excluding hydrogens is 222 g/mol. The van der Waals surface area contributed by atoms with E-state index in [4.69, 9.17) is 10.4 Å². The second-order valence-electron chi connectivity index (χ2n) is 3.87. The lowest BCUT2D eigenvalue weighted by Crippen LogP contribution is -2.35. The predicted molar refractivity (Wildman–Crippen MR) is 59.1 cm³/mol. The van der Waals surface area contributed by atoms with Crippen molar-refractivity contribution in [3.8, 4) is 0 Å². The van der Waals surface area contributed by atoms with Crippen molar-refractivity contribution in [1.82, 2.24) is 0 Å². The average Bonchev–Trinajstić information content (AvgIpc) is 2.02. The Morgan fingerprint density at radius 1 is 1.36 bits per heavy atom. The van der Waals surface area contributed by atoms with E-state index >= 15 is 0 Å². The van der Waals surface area contributed by atoms with Crippen LogP contribution in [-0.2, 0) is 13.6 Å².